The number of nitrogens with two attached hydrogens (primary N) is 1. The Hall–Kier alpha value is -2.53. The van der Waals surface area contributed by atoms with Crippen LogP contribution in [0.3, 0.4) is 0 Å². The molecule has 0 fully saturated rings. The summed E-state index contributed by atoms with van der Waals surface area (Å²) >= 11 is 1.07. The van der Waals surface area contributed by atoms with Crippen LogP contribution in [0.1, 0.15) is 10.4 Å². The van der Waals surface area contributed by atoms with Crippen molar-refractivity contribution in [1.82, 2.24) is 14.5 Å². The Bertz CT molecular complexity index is 951. The van der Waals surface area contributed by atoms with Gasteiger partial charge in [-0.3, -0.25) is 0 Å². The van der Waals surface area contributed by atoms with E-state index in [2.05, 4.69) is 14.1 Å². The predicted octanol–water partition coefficient (Wildman–Crippen LogP) is 1.22. The number of ether oxygens (including phenoxy) is 1. The molecule has 2 N–H and O–H groups in total. The summed E-state index contributed by atoms with van der Waals surface area (Å²) in [4.78, 5) is 17.5. The number of imidazole rings is 1. The molecule has 0 amide bonds. The van der Waals surface area contributed by atoms with Crippen LogP contribution in [0.15, 0.2) is 43.9 Å². The van der Waals surface area contributed by atoms with Crippen LogP contribution in [0.2, 0.25) is 0 Å². The maximum absolute atomic E-state index is 12.7. The van der Waals surface area contributed by atoms with Crippen molar-refractivity contribution in [1.29, 1.82) is 0 Å². The van der Waals surface area contributed by atoms with E-state index in [0.29, 0.717) is 5.16 Å². The molecule has 1 aromatic carbocycles. The van der Waals surface area contributed by atoms with Gasteiger partial charge >= 0.3 is 5.97 Å². The summed E-state index contributed by atoms with van der Waals surface area (Å²) in [5.41, 5.74) is 6.17. The summed E-state index contributed by atoms with van der Waals surface area (Å²) in [6.45, 7) is 0. The van der Waals surface area contributed by atoms with E-state index in [1.165, 1.54) is 24.1 Å². The van der Waals surface area contributed by atoms with Gasteiger partial charge in [0.05, 0.1) is 17.6 Å². The van der Waals surface area contributed by atoms with Gasteiger partial charge in [-0.15, -0.1) is 4.40 Å². The second-order valence-corrected chi connectivity index (χ2v) is 8.04. The van der Waals surface area contributed by atoms with Gasteiger partial charge in [0.15, 0.2) is 5.16 Å². The molecular formula is C15H19N5O4S2. The van der Waals surface area contributed by atoms with Gasteiger partial charge in [0.25, 0.3) is 10.0 Å². The largest absolute Gasteiger partial charge is 0.465 e. The van der Waals surface area contributed by atoms with E-state index in [1.54, 1.807) is 38.1 Å². The van der Waals surface area contributed by atoms with Gasteiger partial charge in [-0.05, 0) is 23.9 Å². The van der Waals surface area contributed by atoms with E-state index in [4.69, 9.17) is 5.73 Å². The fourth-order valence-electron chi connectivity index (χ4n) is 1.92. The molecule has 26 heavy (non-hydrogen) atoms. The van der Waals surface area contributed by atoms with E-state index < -0.39 is 16.0 Å². The molecule has 140 valence electrons. The number of rotatable bonds is 6. The molecule has 0 bridgehead atoms. The molecule has 0 atom stereocenters. The van der Waals surface area contributed by atoms with Gasteiger partial charge in [-0.25, -0.2) is 9.78 Å². The molecular weight excluding hydrogens is 378 g/mol. The van der Waals surface area contributed by atoms with E-state index >= 15 is 0 Å². The van der Waals surface area contributed by atoms with Crippen LogP contribution in [-0.4, -0.2) is 56.4 Å². The molecule has 0 aliphatic carbocycles. The number of hydrogen-bond acceptors (Lipinski definition) is 7. The highest BCUT2D eigenvalue weighted by Gasteiger charge is 2.24. The Morgan fingerprint density at radius 1 is 1.42 bits per heavy atom. The van der Waals surface area contributed by atoms with Crippen LogP contribution in [-0.2, 0) is 21.8 Å². The fraction of sp³-hybridized carbons (Fsp3) is 0.267. The van der Waals surface area contributed by atoms with Gasteiger partial charge in [0, 0.05) is 39.2 Å². The third-order valence-electron chi connectivity index (χ3n) is 3.17. The van der Waals surface area contributed by atoms with Crippen LogP contribution < -0.4 is 5.73 Å². The topological polar surface area (TPSA) is 120 Å². The molecule has 0 radical (unpaired) electrons. The number of benzene rings is 1. The average Bonchev–Trinajstić information content (AvgIpc) is 2.98. The van der Waals surface area contributed by atoms with Crippen LogP contribution >= 0.6 is 11.8 Å². The quantitative estimate of drug-likeness (QED) is 0.334. The highest BCUT2D eigenvalue weighted by atomic mass is 32.2. The molecule has 1 aromatic heterocycles. The van der Waals surface area contributed by atoms with Crippen molar-refractivity contribution in [2.24, 2.45) is 11.4 Å². The smallest absolute Gasteiger partial charge is 0.337 e. The first-order valence-corrected chi connectivity index (χ1v) is 9.55. The number of aryl methyl sites for hydroxylation is 1. The van der Waals surface area contributed by atoms with Gasteiger partial charge in [-0.2, -0.15) is 8.42 Å². The normalized spacial score (nSPS) is 11.7. The highest BCUT2D eigenvalue weighted by molar-refractivity contribution is 8.00. The molecule has 2 aromatic rings. The van der Waals surface area contributed by atoms with Crippen LogP contribution in [0.4, 0.5) is 5.69 Å². The lowest BCUT2D eigenvalue weighted by atomic mass is 10.2. The monoisotopic (exact) mass is 397 g/mol. The van der Waals surface area contributed by atoms with Crippen molar-refractivity contribution in [2.45, 2.75) is 14.9 Å². The van der Waals surface area contributed by atoms with E-state index in [0.717, 1.165) is 18.1 Å². The summed E-state index contributed by atoms with van der Waals surface area (Å²) in [5, 5.41) is 0.538. The minimum Gasteiger partial charge on any atom is -0.465 e. The number of carbonyl (C=O) groups excluding carboxylic acids is 1. The Kier molecular flexibility index (Phi) is 5.93. The van der Waals surface area contributed by atoms with Crippen molar-refractivity contribution in [3.8, 4) is 0 Å². The molecule has 0 unspecified atom stereocenters. The average molecular weight is 397 g/mol. The first-order valence-electron chi connectivity index (χ1n) is 7.29. The van der Waals surface area contributed by atoms with E-state index in [1.807, 2.05) is 0 Å². The van der Waals surface area contributed by atoms with Gasteiger partial charge in [-0.1, -0.05) is 0 Å². The summed E-state index contributed by atoms with van der Waals surface area (Å²) in [6, 6.07) is 2.57. The van der Waals surface area contributed by atoms with E-state index in [-0.39, 0.29) is 21.0 Å². The third kappa shape index (κ3) is 4.35. The van der Waals surface area contributed by atoms with Gasteiger partial charge in [0.2, 0.25) is 0 Å². The van der Waals surface area contributed by atoms with Gasteiger partial charge in [0.1, 0.15) is 11.2 Å². The molecule has 2 rings (SSSR count). The zero-order valence-corrected chi connectivity index (χ0v) is 16.3. The third-order valence-corrected chi connectivity index (χ3v) is 5.78. The van der Waals surface area contributed by atoms with Crippen LogP contribution in [0, 0.1) is 0 Å². The number of sulfonamides is 1. The first-order chi connectivity index (χ1) is 12.2. The maximum atomic E-state index is 12.7. The number of nitrogen functional groups attached to an aromatic ring is 1. The molecule has 9 nitrogen and oxygen atoms in total. The van der Waals surface area contributed by atoms with Crippen molar-refractivity contribution < 1.29 is 17.9 Å². The Morgan fingerprint density at radius 3 is 2.65 bits per heavy atom. The zero-order chi connectivity index (χ0) is 19.5. The lowest BCUT2D eigenvalue weighted by molar-refractivity contribution is 0.0600. The summed E-state index contributed by atoms with van der Waals surface area (Å²) in [5.74, 6) is -0.696. The van der Waals surface area contributed by atoms with Crippen molar-refractivity contribution in [3.63, 3.8) is 0 Å². The van der Waals surface area contributed by atoms with Gasteiger partial charge < -0.3 is 19.9 Å². The second-order valence-electron chi connectivity index (χ2n) is 5.47. The minimum atomic E-state index is -4.11. The number of hydrogen-bond donors (Lipinski definition) is 1. The molecule has 0 saturated carbocycles. The Morgan fingerprint density at radius 2 is 2.12 bits per heavy atom. The van der Waals surface area contributed by atoms with Crippen molar-refractivity contribution >= 4 is 39.8 Å². The van der Waals surface area contributed by atoms with Crippen molar-refractivity contribution in [2.75, 3.05) is 26.9 Å². The molecule has 0 aliphatic heterocycles. The lowest BCUT2D eigenvalue weighted by Gasteiger charge is -2.13. The molecule has 0 saturated heterocycles. The molecule has 0 aliphatic rings. The maximum Gasteiger partial charge on any atom is 0.337 e. The van der Waals surface area contributed by atoms with E-state index in [9.17, 15) is 13.2 Å². The number of aromatic nitrogens is 2. The number of anilines is 1. The molecule has 1 heterocycles. The van der Waals surface area contributed by atoms with Crippen LogP contribution in [0.5, 0.6) is 0 Å². The Balaban J connectivity index is 2.66. The lowest BCUT2D eigenvalue weighted by Crippen LogP contribution is -2.12. The number of nitrogens with zero attached hydrogens (tertiary/aromatic N) is 4. The van der Waals surface area contributed by atoms with Crippen LogP contribution in [0.25, 0.3) is 0 Å². The fourth-order valence-corrected chi connectivity index (χ4v) is 4.25. The summed E-state index contributed by atoms with van der Waals surface area (Å²) in [6.07, 6.45) is 4.46. The van der Waals surface area contributed by atoms with Crippen molar-refractivity contribution in [3.05, 3.63) is 30.1 Å². The molecule has 11 heteroatoms. The number of esters is 1. The SMILES string of the molecule is COC(=O)c1cc(N)c(Sc2nccn2C)c(S(=O)(=O)/N=C/N(C)C)c1. The Labute approximate surface area is 155 Å². The number of methoxy groups -OCH3 is 1. The highest BCUT2D eigenvalue weighted by Crippen LogP contribution is 2.38. The summed E-state index contributed by atoms with van der Waals surface area (Å²) in [7, 11) is 2.15. The minimum absolute atomic E-state index is 0.0211. The second kappa shape index (κ2) is 7.79. The predicted molar refractivity (Wildman–Crippen MR) is 98.9 cm³/mol. The first kappa shape index (κ1) is 19.8. The standard InChI is InChI=1S/C15H19N5O4S2/c1-19(2)9-18-26(22,23)12-8-10(14(21)24-4)7-11(16)13(12)25-15-17-5-6-20(15)3/h5-9H,16H2,1-4H3/b18-9+. The number of carbonyl (C=O) groups is 1. The summed E-state index contributed by atoms with van der Waals surface area (Å²) < 4.78 is 35.4. The zero-order valence-electron chi connectivity index (χ0n) is 14.7. The molecule has 0 spiro atoms.